The fourth-order valence-electron chi connectivity index (χ4n) is 4.76. The van der Waals surface area contributed by atoms with Crippen LogP contribution in [0.15, 0.2) is 127 Å². The maximum absolute atomic E-state index is 2.43. The number of halogens is 1. The van der Waals surface area contributed by atoms with Crippen LogP contribution in [0.4, 0.5) is 0 Å². The highest BCUT2D eigenvalue weighted by atomic mass is 35.5. The van der Waals surface area contributed by atoms with Gasteiger partial charge in [0.2, 0.25) is 16.9 Å². The highest BCUT2D eigenvalue weighted by molar-refractivity contribution is 5.96. The number of para-hydroxylation sites is 1. The molecule has 0 atom stereocenters. The minimum Gasteiger partial charge on any atom is -1.00 e. The van der Waals surface area contributed by atoms with Crippen LogP contribution < -0.4 is 17.0 Å². The largest absolute Gasteiger partial charge is 1.00 e. The lowest BCUT2D eigenvalue weighted by Gasteiger charge is -2.13. The minimum atomic E-state index is 0. The second-order valence-electron chi connectivity index (χ2n) is 8.53. The molecule has 6 aromatic rings. The van der Waals surface area contributed by atoms with E-state index in [9.17, 15) is 0 Å². The molecule has 1 heterocycles. The maximum atomic E-state index is 2.43. The first-order valence-corrected chi connectivity index (χ1v) is 11.4. The number of aromatic nitrogens is 1. The number of rotatable bonds is 3. The van der Waals surface area contributed by atoms with E-state index in [-0.39, 0.29) is 12.4 Å². The number of nitrogens with zero attached hydrogens (tertiary/aromatic N) is 1. The summed E-state index contributed by atoms with van der Waals surface area (Å²) in [6.07, 6.45) is 0. The van der Waals surface area contributed by atoms with Gasteiger partial charge in [0, 0.05) is 29.3 Å². The number of aryl methyl sites for hydroxylation is 1. The number of pyridine rings is 1. The smallest absolute Gasteiger partial charge is 0.219 e. The average Bonchev–Trinajstić information content (AvgIpc) is 2.88. The molecule has 0 saturated heterocycles. The first-order valence-electron chi connectivity index (χ1n) is 11.4. The molecule has 6 rings (SSSR count). The first kappa shape index (κ1) is 21.9. The molecular formula is C32H24ClN. The average molecular weight is 458 g/mol. The number of hydrogen-bond donors (Lipinski definition) is 0. The van der Waals surface area contributed by atoms with Crippen molar-refractivity contribution in [1.29, 1.82) is 0 Å². The van der Waals surface area contributed by atoms with E-state index in [2.05, 4.69) is 139 Å². The van der Waals surface area contributed by atoms with Gasteiger partial charge < -0.3 is 12.4 Å². The van der Waals surface area contributed by atoms with Gasteiger partial charge in [-0.15, -0.1) is 0 Å². The van der Waals surface area contributed by atoms with Crippen LogP contribution in [0.2, 0.25) is 0 Å². The van der Waals surface area contributed by atoms with E-state index in [1.54, 1.807) is 0 Å². The van der Waals surface area contributed by atoms with Gasteiger partial charge in [0.05, 0.1) is 10.8 Å². The van der Waals surface area contributed by atoms with Crippen molar-refractivity contribution in [1.82, 2.24) is 0 Å². The van der Waals surface area contributed by atoms with Crippen molar-refractivity contribution < 1.29 is 17.0 Å². The van der Waals surface area contributed by atoms with Crippen LogP contribution in [0, 0.1) is 6.92 Å². The van der Waals surface area contributed by atoms with Crippen molar-refractivity contribution in [2.24, 2.45) is 0 Å². The van der Waals surface area contributed by atoms with Crippen LogP contribution in [0.5, 0.6) is 0 Å². The van der Waals surface area contributed by atoms with Crippen molar-refractivity contribution in [3.8, 4) is 28.1 Å². The summed E-state index contributed by atoms with van der Waals surface area (Å²) in [5, 5.41) is 3.73. The van der Waals surface area contributed by atoms with Gasteiger partial charge in [0.25, 0.3) is 0 Å². The van der Waals surface area contributed by atoms with Crippen molar-refractivity contribution in [3.05, 3.63) is 133 Å². The molecule has 164 valence electrons. The molecular weight excluding hydrogens is 434 g/mol. The molecule has 0 radical (unpaired) electrons. The molecule has 34 heavy (non-hydrogen) atoms. The normalized spacial score (nSPS) is 10.9. The van der Waals surface area contributed by atoms with Crippen molar-refractivity contribution >= 4 is 21.7 Å². The zero-order valence-corrected chi connectivity index (χ0v) is 19.7. The Morgan fingerprint density at radius 3 is 1.97 bits per heavy atom. The predicted octanol–water partition coefficient (Wildman–Crippen LogP) is 4.92. The van der Waals surface area contributed by atoms with Crippen LogP contribution in [0.25, 0.3) is 49.7 Å². The Morgan fingerprint density at radius 2 is 1.18 bits per heavy atom. The van der Waals surface area contributed by atoms with Crippen molar-refractivity contribution in [2.45, 2.75) is 6.92 Å². The van der Waals surface area contributed by atoms with Gasteiger partial charge in [0.15, 0.2) is 0 Å². The highest BCUT2D eigenvalue weighted by Gasteiger charge is 2.25. The van der Waals surface area contributed by atoms with Crippen LogP contribution in [-0.2, 0) is 0 Å². The lowest BCUT2D eigenvalue weighted by molar-refractivity contribution is -0.553. The molecule has 0 amide bonds. The van der Waals surface area contributed by atoms with Crippen LogP contribution in [0.3, 0.4) is 0 Å². The molecule has 1 nitrogen and oxygen atoms in total. The molecule has 2 heteroatoms. The first-order chi connectivity index (χ1) is 16.3. The third kappa shape index (κ3) is 3.75. The Hall–Kier alpha value is -3.94. The van der Waals surface area contributed by atoms with Gasteiger partial charge in [-0.25, -0.2) is 0 Å². The second-order valence-corrected chi connectivity index (χ2v) is 8.53. The molecule has 5 aromatic carbocycles. The van der Waals surface area contributed by atoms with E-state index in [1.807, 2.05) is 0 Å². The summed E-state index contributed by atoms with van der Waals surface area (Å²) in [6.45, 7) is 2.14. The van der Waals surface area contributed by atoms with Gasteiger partial charge in [-0.05, 0) is 42.1 Å². The van der Waals surface area contributed by atoms with Crippen LogP contribution >= 0.6 is 0 Å². The standard InChI is InChI=1S/C32H24N.ClH/c1-23-18-20-26(21-19-23)32-22-29(25-10-3-2-4-11-25)28-15-7-8-16-31(28)33(32)30-17-9-13-24-12-5-6-14-27(24)30;/h2-22H,1H3;1H/q+1;/p-1. The lowest BCUT2D eigenvalue weighted by Crippen LogP contribution is -3.00. The molecule has 0 spiro atoms. The lowest BCUT2D eigenvalue weighted by atomic mass is 9.96. The Kier molecular flexibility index (Phi) is 5.88. The van der Waals surface area contributed by atoms with Gasteiger partial charge in [-0.1, -0.05) is 90.5 Å². The summed E-state index contributed by atoms with van der Waals surface area (Å²) in [5.41, 5.74) is 8.52. The van der Waals surface area contributed by atoms with E-state index in [0.717, 1.165) is 0 Å². The third-order valence-corrected chi connectivity index (χ3v) is 6.40. The molecule has 0 bridgehead atoms. The molecule has 0 unspecified atom stereocenters. The molecule has 1 aromatic heterocycles. The Balaban J connectivity index is 0.00000241. The van der Waals surface area contributed by atoms with Gasteiger partial charge in [-0.2, -0.15) is 4.57 Å². The summed E-state index contributed by atoms with van der Waals surface area (Å²) in [5.74, 6) is 0. The second kappa shape index (κ2) is 9.13. The summed E-state index contributed by atoms with van der Waals surface area (Å²) in [6, 6.07) is 45.8. The molecule has 0 aliphatic heterocycles. The Morgan fingerprint density at radius 1 is 0.529 bits per heavy atom. The van der Waals surface area contributed by atoms with E-state index in [4.69, 9.17) is 0 Å². The zero-order valence-electron chi connectivity index (χ0n) is 18.9. The molecule has 0 fully saturated rings. The SMILES string of the molecule is Cc1ccc(-c2cc(-c3ccccc3)c3ccccc3[n+]2-c2cccc3ccccc23)cc1.[Cl-]. The van der Waals surface area contributed by atoms with Crippen molar-refractivity contribution in [2.75, 3.05) is 0 Å². The Labute approximate surface area is 206 Å². The molecule has 0 saturated carbocycles. The van der Waals surface area contributed by atoms with E-state index in [0.29, 0.717) is 0 Å². The summed E-state index contributed by atoms with van der Waals surface area (Å²) >= 11 is 0. The number of fused-ring (bicyclic) bond motifs is 2. The van der Waals surface area contributed by atoms with Gasteiger partial charge in [0.1, 0.15) is 0 Å². The minimum absolute atomic E-state index is 0. The molecule has 0 aliphatic rings. The number of benzene rings is 5. The van der Waals surface area contributed by atoms with E-state index in [1.165, 1.54) is 55.3 Å². The Bertz CT molecular complexity index is 1600. The van der Waals surface area contributed by atoms with Crippen LogP contribution in [-0.4, -0.2) is 0 Å². The zero-order chi connectivity index (χ0) is 22.2. The van der Waals surface area contributed by atoms with Gasteiger partial charge in [-0.3, -0.25) is 0 Å². The maximum Gasteiger partial charge on any atom is 0.219 e. The summed E-state index contributed by atoms with van der Waals surface area (Å²) < 4.78 is 2.43. The molecule has 0 aliphatic carbocycles. The highest BCUT2D eigenvalue weighted by Crippen LogP contribution is 2.33. The number of hydrogen-bond acceptors (Lipinski definition) is 0. The topological polar surface area (TPSA) is 3.88 Å². The quantitative estimate of drug-likeness (QED) is 0.332. The predicted molar refractivity (Wildman–Crippen MR) is 139 cm³/mol. The fourth-order valence-corrected chi connectivity index (χ4v) is 4.76. The monoisotopic (exact) mass is 457 g/mol. The van der Waals surface area contributed by atoms with Crippen LogP contribution in [0.1, 0.15) is 5.56 Å². The van der Waals surface area contributed by atoms with Gasteiger partial charge >= 0.3 is 0 Å². The fraction of sp³-hybridized carbons (Fsp3) is 0.0312. The van der Waals surface area contributed by atoms with Crippen molar-refractivity contribution in [3.63, 3.8) is 0 Å². The summed E-state index contributed by atoms with van der Waals surface area (Å²) in [7, 11) is 0. The van der Waals surface area contributed by atoms with E-state index < -0.39 is 0 Å². The molecule has 0 N–H and O–H groups in total. The summed E-state index contributed by atoms with van der Waals surface area (Å²) in [4.78, 5) is 0. The van der Waals surface area contributed by atoms with E-state index >= 15 is 0 Å². The third-order valence-electron chi connectivity index (χ3n) is 6.40.